The molecule has 0 aromatic heterocycles. The van der Waals surface area contributed by atoms with Gasteiger partial charge in [-0.2, -0.15) is 0 Å². The minimum Gasteiger partial charge on any atom is -0.549 e. The largest absolute Gasteiger partial charge is 2.00 e. The molecule has 0 spiro atoms. The average Bonchev–Trinajstić information content (AvgIpc) is 2.57. The van der Waals surface area contributed by atoms with E-state index in [0.29, 0.717) is 12.8 Å². The van der Waals surface area contributed by atoms with Crippen LogP contribution < -0.4 is 10.2 Å². The zero-order valence-electron chi connectivity index (χ0n) is 17.2. The second kappa shape index (κ2) is 18.6. The van der Waals surface area contributed by atoms with Crippen molar-refractivity contribution >= 4 is 49.7 Å². The predicted octanol–water partition coefficient (Wildman–Crippen LogP) is 3.37. The molecule has 0 saturated heterocycles. The normalized spacial score (nSPS) is 11.2. The van der Waals surface area contributed by atoms with Crippen molar-refractivity contribution in [2.75, 3.05) is 0 Å². The molecule has 0 amide bonds. The molecule has 26 heavy (non-hydrogen) atoms. The summed E-state index contributed by atoms with van der Waals surface area (Å²) in [5.74, 6) is -2.94. The Morgan fingerprint density at radius 3 is 1.15 bits per heavy atom. The number of carbonyl (C=O) groups excluding carboxylic acids is 2. The van der Waals surface area contributed by atoms with Gasteiger partial charge < -0.3 is 19.8 Å². The molecule has 0 bridgehead atoms. The van der Waals surface area contributed by atoms with E-state index in [0.717, 1.165) is 38.5 Å². The molecule has 0 radical (unpaired) electrons. The minimum absolute atomic E-state index is 0. The van der Waals surface area contributed by atoms with E-state index in [1.54, 1.807) is 0 Å². The van der Waals surface area contributed by atoms with Gasteiger partial charge in [0.15, 0.2) is 0 Å². The van der Waals surface area contributed by atoms with Gasteiger partial charge in [0.1, 0.15) is 0 Å². The first kappa shape index (κ1) is 28.4. The summed E-state index contributed by atoms with van der Waals surface area (Å²) in [6.45, 7) is 4.28. The molecule has 0 atom stereocenters. The Hall–Kier alpha value is 0.200. The molecule has 0 unspecified atom stereocenters. The van der Waals surface area contributed by atoms with E-state index in [1.165, 1.54) is 38.5 Å². The second-order valence-corrected chi connectivity index (χ2v) is 7.40. The molecule has 0 aliphatic heterocycles. The molecule has 0 aromatic carbocycles. The standard InChI is InChI=1S/C21H40O4.Ca/c1-3-5-7-9-10-11-12-13-14-16-18-21(19(22)23,20(24)25)17-15-8-6-4-2;/h3-18H2,1-2H3,(H,22,23)(H,24,25);/q;+2/p-2. The maximum absolute atomic E-state index is 11.5. The van der Waals surface area contributed by atoms with E-state index in [-0.39, 0.29) is 50.6 Å². The first-order chi connectivity index (χ1) is 12.0. The maximum Gasteiger partial charge on any atom is 2.00 e. The summed E-state index contributed by atoms with van der Waals surface area (Å²) in [7, 11) is 0. The van der Waals surface area contributed by atoms with Gasteiger partial charge in [-0.1, -0.05) is 104 Å². The molecule has 0 heterocycles. The van der Waals surface area contributed by atoms with Crippen molar-refractivity contribution in [2.45, 2.75) is 117 Å². The van der Waals surface area contributed by atoms with Gasteiger partial charge in [0.05, 0.1) is 11.9 Å². The van der Waals surface area contributed by atoms with Gasteiger partial charge in [-0.15, -0.1) is 0 Å². The van der Waals surface area contributed by atoms with Gasteiger partial charge >= 0.3 is 37.7 Å². The van der Waals surface area contributed by atoms with Gasteiger partial charge in [0, 0.05) is 5.41 Å². The number of carboxylic acids is 2. The third kappa shape index (κ3) is 12.6. The van der Waals surface area contributed by atoms with Gasteiger partial charge in [0.25, 0.3) is 0 Å². The number of hydrogen-bond acceptors (Lipinski definition) is 4. The molecular formula is C21H38CaO4. The van der Waals surface area contributed by atoms with Gasteiger partial charge in [0.2, 0.25) is 0 Å². The van der Waals surface area contributed by atoms with Gasteiger partial charge in [-0.05, 0) is 12.8 Å². The Morgan fingerprint density at radius 2 is 0.846 bits per heavy atom. The van der Waals surface area contributed by atoms with Crippen LogP contribution in [0.5, 0.6) is 0 Å². The first-order valence-electron chi connectivity index (χ1n) is 10.4. The number of unbranched alkanes of at least 4 members (excludes halogenated alkanes) is 12. The van der Waals surface area contributed by atoms with Crippen LogP contribution in [0.3, 0.4) is 0 Å². The van der Waals surface area contributed by atoms with Crippen LogP contribution in [0, 0.1) is 5.41 Å². The Labute approximate surface area is 190 Å². The third-order valence-corrected chi connectivity index (χ3v) is 5.20. The maximum atomic E-state index is 11.5. The quantitative estimate of drug-likeness (QED) is 0.203. The molecule has 0 rings (SSSR count). The molecular weight excluding hydrogens is 356 g/mol. The third-order valence-electron chi connectivity index (χ3n) is 5.20. The minimum atomic E-state index is -1.80. The molecule has 0 saturated carbocycles. The topological polar surface area (TPSA) is 80.3 Å². The number of rotatable bonds is 18. The van der Waals surface area contributed by atoms with E-state index in [2.05, 4.69) is 13.8 Å². The van der Waals surface area contributed by atoms with Crippen molar-refractivity contribution in [3.8, 4) is 0 Å². The van der Waals surface area contributed by atoms with E-state index in [4.69, 9.17) is 0 Å². The molecule has 0 aliphatic carbocycles. The van der Waals surface area contributed by atoms with Crippen molar-refractivity contribution < 1.29 is 19.8 Å². The van der Waals surface area contributed by atoms with Crippen molar-refractivity contribution in [3.05, 3.63) is 0 Å². The fraction of sp³-hybridized carbons (Fsp3) is 0.905. The van der Waals surface area contributed by atoms with Gasteiger partial charge in [-0.25, -0.2) is 0 Å². The number of carboxylic acid groups (broad SMARTS) is 2. The van der Waals surface area contributed by atoms with Crippen LogP contribution in [0.2, 0.25) is 0 Å². The Kier molecular flexibility index (Phi) is 20.3. The molecule has 0 aromatic rings. The summed E-state index contributed by atoms with van der Waals surface area (Å²) in [6.07, 6.45) is 15.1. The second-order valence-electron chi connectivity index (χ2n) is 7.40. The summed E-state index contributed by atoms with van der Waals surface area (Å²) in [6, 6.07) is 0. The van der Waals surface area contributed by atoms with Crippen molar-refractivity contribution in [3.63, 3.8) is 0 Å². The molecule has 0 fully saturated rings. The molecule has 0 aliphatic rings. The Morgan fingerprint density at radius 1 is 0.577 bits per heavy atom. The fourth-order valence-corrected chi connectivity index (χ4v) is 3.38. The number of hydrogen-bond donors (Lipinski definition) is 0. The molecule has 148 valence electrons. The molecule has 5 heteroatoms. The fourth-order valence-electron chi connectivity index (χ4n) is 3.38. The summed E-state index contributed by atoms with van der Waals surface area (Å²) in [4.78, 5) is 23.0. The predicted molar refractivity (Wildman–Crippen MR) is 103 cm³/mol. The Balaban J connectivity index is 0. The van der Waals surface area contributed by atoms with Crippen LogP contribution in [-0.4, -0.2) is 49.7 Å². The summed E-state index contributed by atoms with van der Waals surface area (Å²) < 4.78 is 0. The summed E-state index contributed by atoms with van der Waals surface area (Å²) >= 11 is 0. The van der Waals surface area contributed by atoms with E-state index in [1.807, 2.05) is 0 Å². The van der Waals surface area contributed by atoms with Crippen LogP contribution in [0.25, 0.3) is 0 Å². The van der Waals surface area contributed by atoms with Crippen molar-refractivity contribution in [1.29, 1.82) is 0 Å². The zero-order valence-corrected chi connectivity index (χ0v) is 19.4. The number of carbonyl (C=O) groups is 2. The Bertz CT molecular complexity index is 344. The van der Waals surface area contributed by atoms with E-state index >= 15 is 0 Å². The zero-order chi connectivity index (χ0) is 19.0. The monoisotopic (exact) mass is 394 g/mol. The van der Waals surface area contributed by atoms with Crippen LogP contribution >= 0.6 is 0 Å². The first-order valence-corrected chi connectivity index (χ1v) is 10.4. The van der Waals surface area contributed by atoms with Gasteiger partial charge in [-0.3, -0.25) is 0 Å². The number of aliphatic carboxylic acids is 2. The van der Waals surface area contributed by atoms with Crippen LogP contribution in [0.1, 0.15) is 117 Å². The summed E-state index contributed by atoms with van der Waals surface area (Å²) in [5.41, 5.74) is -1.80. The van der Waals surface area contributed by atoms with Crippen molar-refractivity contribution in [2.24, 2.45) is 5.41 Å². The van der Waals surface area contributed by atoms with E-state index < -0.39 is 17.4 Å². The van der Waals surface area contributed by atoms with Crippen LogP contribution in [0.15, 0.2) is 0 Å². The van der Waals surface area contributed by atoms with Crippen molar-refractivity contribution in [1.82, 2.24) is 0 Å². The smallest absolute Gasteiger partial charge is 0.549 e. The van der Waals surface area contributed by atoms with Crippen LogP contribution in [-0.2, 0) is 9.59 Å². The summed E-state index contributed by atoms with van der Waals surface area (Å²) in [5, 5.41) is 23.0. The average molecular weight is 395 g/mol. The molecule has 4 nitrogen and oxygen atoms in total. The van der Waals surface area contributed by atoms with Crippen LogP contribution in [0.4, 0.5) is 0 Å². The SMILES string of the molecule is CCCCCCCCCCCCC(CCCCCC)(C(=O)[O-])C(=O)[O-].[Ca+2]. The van der Waals surface area contributed by atoms with E-state index in [9.17, 15) is 19.8 Å². The molecule has 0 N–H and O–H groups in total.